The second kappa shape index (κ2) is 6.52. The average Bonchev–Trinajstić information content (AvgIpc) is 2.88. The minimum atomic E-state index is 0.359. The number of hydrogen-bond donors (Lipinski definition) is 1. The molecule has 4 heteroatoms. The van der Waals surface area contributed by atoms with E-state index in [1.807, 2.05) is 0 Å². The predicted molar refractivity (Wildman–Crippen MR) is 85.2 cm³/mol. The quantitative estimate of drug-likeness (QED) is 0.821. The molecule has 2 aliphatic heterocycles. The predicted octanol–water partition coefficient (Wildman–Crippen LogP) is 2.24. The van der Waals surface area contributed by atoms with Gasteiger partial charge in [0.15, 0.2) is 0 Å². The van der Waals surface area contributed by atoms with Crippen molar-refractivity contribution in [1.82, 2.24) is 10.2 Å². The van der Waals surface area contributed by atoms with Crippen molar-refractivity contribution in [1.29, 1.82) is 0 Å². The Labute approximate surface area is 128 Å². The first kappa shape index (κ1) is 13.8. The first-order valence-corrected chi connectivity index (χ1v) is 8.20. The van der Waals surface area contributed by atoms with E-state index in [0.717, 1.165) is 26.2 Å². The van der Waals surface area contributed by atoms with E-state index in [4.69, 9.17) is 4.74 Å². The summed E-state index contributed by atoms with van der Waals surface area (Å²) in [5.41, 5.74) is 1.34. The van der Waals surface area contributed by atoms with Crippen LogP contribution in [0.4, 0.5) is 0 Å². The van der Waals surface area contributed by atoms with Gasteiger partial charge in [0.2, 0.25) is 0 Å². The van der Waals surface area contributed by atoms with Crippen LogP contribution in [0.5, 0.6) is 0 Å². The molecule has 0 aliphatic carbocycles. The number of halogens is 1. The molecule has 0 radical (unpaired) electrons. The van der Waals surface area contributed by atoms with Gasteiger partial charge in [-0.2, -0.15) is 0 Å². The summed E-state index contributed by atoms with van der Waals surface area (Å²) in [6, 6.07) is 9.39. The number of morpholine rings is 1. The van der Waals surface area contributed by atoms with E-state index >= 15 is 0 Å². The zero-order valence-electron chi connectivity index (χ0n) is 11.1. The fraction of sp³-hybridized carbons (Fsp3) is 0.600. The van der Waals surface area contributed by atoms with Crippen LogP contribution in [-0.2, 0) is 11.3 Å². The number of benzene rings is 1. The third-order valence-corrected chi connectivity index (χ3v) is 4.80. The Balaban J connectivity index is 1.41. The van der Waals surface area contributed by atoms with Crippen molar-refractivity contribution in [3.05, 3.63) is 33.4 Å². The number of rotatable bonds is 4. The highest BCUT2D eigenvalue weighted by Gasteiger charge is 2.31. The molecule has 2 fully saturated rings. The monoisotopic (exact) mass is 372 g/mol. The maximum absolute atomic E-state index is 5.94. The zero-order chi connectivity index (χ0) is 13.1. The summed E-state index contributed by atoms with van der Waals surface area (Å²) < 4.78 is 7.23. The second-order valence-corrected chi connectivity index (χ2v) is 6.75. The summed E-state index contributed by atoms with van der Waals surface area (Å²) in [5, 5.41) is 3.52. The molecule has 2 saturated heterocycles. The van der Waals surface area contributed by atoms with Gasteiger partial charge in [-0.3, -0.25) is 4.90 Å². The molecule has 2 atom stereocenters. The van der Waals surface area contributed by atoms with Gasteiger partial charge >= 0.3 is 0 Å². The summed E-state index contributed by atoms with van der Waals surface area (Å²) in [4.78, 5) is 2.60. The Morgan fingerprint density at radius 2 is 2.16 bits per heavy atom. The highest BCUT2D eigenvalue weighted by Crippen LogP contribution is 2.22. The van der Waals surface area contributed by atoms with Crippen LogP contribution >= 0.6 is 22.6 Å². The lowest BCUT2D eigenvalue weighted by atomic mass is 10.2. The Bertz CT molecular complexity index is 409. The lowest BCUT2D eigenvalue weighted by Crippen LogP contribution is -2.49. The molecule has 1 N–H and O–H groups in total. The number of fused-ring (bicyclic) bond motifs is 1. The summed E-state index contributed by atoms with van der Waals surface area (Å²) in [7, 11) is 0. The lowest BCUT2D eigenvalue weighted by molar-refractivity contribution is -0.0470. The van der Waals surface area contributed by atoms with E-state index in [1.165, 1.54) is 28.5 Å². The number of nitrogens with one attached hydrogen (secondary N) is 1. The zero-order valence-corrected chi connectivity index (χ0v) is 13.3. The van der Waals surface area contributed by atoms with E-state index in [1.54, 1.807) is 0 Å². The van der Waals surface area contributed by atoms with Crippen LogP contribution < -0.4 is 5.32 Å². The Morgan fingerprint density at radius 3 is 3.00 bits per heavy atom. The molecule has 0 aromatic heterocycles. The maximum atomic E-state index is 5.94. The highest BCUT2D eigenvalue weighted by molar-refractivity contribution is 14.1. The van der Waals surface area contributed by atoms with Gasteiger partial charge in [0.25, 0.3) is 0 Å². The van der Waals surface area contributed by atoms with Crippen LogP contribution in [0.2, 0.25) is 0 Å². The fourth-order valence-corrected chi connectivity index (χ4v) is 3.35. The molecule has 1 aromatic rings. The first-order chi connectivity index (χ1) is 9.31. The number of ether oxygens (including phenoxy) is 1. The summed E-state index contributed by atoms with van der Waals surface area (Å²) in [6.07, 6.45) is 3.03. The molecule has 2 aliphatic rings. The molecule has 19 heavy (non-hydrogen) atoms. The van der Waals surface area contributed by atoms with Gasteiger partial charge in [0.05, 0.1) is 12.7 Å². The molecule has 0 spiro atoms. The Hall–Kier alpha value is -0.170. The van der Waals surface area contributed by atoms with Gasteiger partial charge < -0.3 is 10.1 Å². The van der Waals surface area contributed by atoms with E-state index in [0.29, 0.717) is 12.1 Å². The third-order valence-electron chi connectivity index (χ3n) is 4.08. The highest BCUT2D eigenvalue weighted by atomic mass is 127. The Kier molecular flexibility index (Phi) is 4.73. The summed E-state index contributed by atoms with van der Waals surface area (Å²) >= 11 is 2.34. The summed E-state index contributed by atoms with van der Waals surface area (Å²) in [5.74, 6) is 0. The van der Waals surface area contributed by atoms with Crippen molar-refractivity contribution >= 4 is 22.6 Å². The normalized spacial score (nSPS) is 27.4. The molecule has 2 heterocycles. The van der Waals surface area contributed by atoms with Gasteiger partial charge in [0.1, 0.15) is 0 Å². The maximum Gasteiger partial charge on any atom is 0.0827 e. The van der Waals surface area contributed by atoms with Crippen LogP contribution in [0.3, 0.4) is 0 Å². The van der Waals surface area contributed by atoms with Crippen LogP contribution in [-0.4, -0.2) is 43.3 Å². The number of nitrogens with zero attached hydrogens (tertiary/aromatic N) is 1. The third kappa shape index (κ3) is 3.68. The van der Waals surface area contributed by atoms with Crippen molar-refractivity contribution in [2.75, 3.05) is 26.2 Å². The minimum absolute atomic E-state index is 0.359. The van der Waals surface area contributed by atoms with Crippen LogP contribution in [0.15, 0.2) is 24.3 Å². The first-order valence-electron chi connectivity index (χ1n) is 7.12. The molecule has 0 saturated carbocycles. The van der Waals surface area contributed by atoms with Crippen molar-refractivity contribution in [2.45, 2.75) is 31.5 Å². The molecule has 3 rings (SSSR count). The van der Waals surface area contributed by atoms with Gasteiger partial charge in [-0.15, -0.1) is 0 Å². The van der Waals surface area contributed by atoms with Crippen molar-refractivity contribution < 1.29 is 4.74 Å². The van der Waals surface area contributed by atoms with E-state index in [-0.39, 0.29) is 0 Å². The fourth-order valence-electron chi connectivity index (χ4n) is 2.99. The second-order valence-electron chi connectivity index (χ2n) is 5.50. The van der Waals surface area contributed by atoms with Gasteiger partial charge in [-0.1, -0.05) is 12.1 Å². The standard InChI is InChI=1S/C15H21IN2O/c16-13-5-3-12(4-6-13)8-17-9-15-10-18-7-1-2-14(18)11-19-15/h3-6,14-15,17H,1-2,7-11H2. The number of hydrogen-bond acceptors (Lipinski definition) is 3. The van der Waals surface area contributed by atoms with Crippen molar-refractivity contribution in [3.63, 3.8) is 0 Å². The summed E-state index contributed by atoms with van der Waals surface area (Å²) in [6.45, 7) is 5.18. The van der Waals surface area contributed by atoms with Crippen LogP contribution in [0.25, 0.3) is 0 Å². The van der Waals surface area contributed by atoms with E-state index in [9.17, 15) is 0 Å². The van der Waals surface area contributed by atoms with Crippen molar-refractivity contribution in [3.8, 4) is 0 Å². The molecule has 104 valence electrons. The van der Waals surface area contributed by atoms with E-state index in [2.05, 4.69) is 57.1 Å². The Morgan fingerprint density at radius 1 is 1.32 bits per heavy atom. The van der Waals surface area contributed by atoms with Gasteiger partial charge in [-0.05, 0) is 59.7 Å². The van der Waals surface area contributed by atoms with Gasteiger partial charge in [0, 0.05) is 29.2 Å². The molecule has 2 unspecified atom stereocenters. The van der Waals surface area contributed by atoms with Gasteiger partial charge in [-0.25, -0.2) is 0 Å². The SMILES string of the molecule is Ic1ccc(CNCC2CN3CCCC3CO2)cc1. The molecule has 0 amide bonds. The van der Waals surface area contributed by atoms with Crippen molar-refractivity contribution in [2.24, 2.45) is 0 Å². The largest absolute Gasteiger partial charge is 0.374 e. The van der Waals surface area contributed by atoms with E-state index < -0.39 is 0 Å². The molecule has 0 bridgehead atoms. The molecular formula is C15H21IN2O. The lowest BCUT2D eigenvalue weighted by Gasteiger charge is -2.35. The molecule has 1 aromatic carbocycles. The van der Waals surface area contributed by atoms with Crippen LogP contribution in [0, 0.1) is 3.57 Å². The average molecular weight is 372 g/mol. The van der Waals surface area contributed by atoms with Crippen LogP contribution in [0.1, 0.15) is 18.4 Å². The smallest absolute Gasteiger partial charge is 0.0827 e. The minimum Gasteiger partial charge on any atom is -0.374 e. The molecule has 3 nitrogen and oxygen atoms in total. The molecular weight excluding hydrogens is 351 g/mol. The topological polar surface area (TPSA) is 24.5 Å².